The lowest BCUT2D eigenvalue weighted by atomic mass is 9.99. The van der Waals surface area contributed by atoms with E-state index in [0.717, 1.165) is 10.3 Å². The van der Waals surface area contributed by atoms with Crippen LogP contribution < -0.4 is 0 Å². The quantitative estimate of drug-likeness (QED) is 0.378. The van der Waals surface area contributed by atoms with Gasteiger partial charge in [-0.1, -0.05) is 18.2 Å². The zero-order valence-corrected chi connectivity index (χ0v) is 17.6. The Labute approximate surface area is 183 Å². The number of carbonyl (C=O) groups excluding carboxylic acids is 1. The van der Waals surface area contributed by atoms with Crippen LogP contribution in [0.5, 0.6) is 0 Å². The summed E-state index contributed by atoms with van der Waals surface area (Å²) >= 11 is 3.46. The summed E-state index contributed by atoms with van der Waals surface area (Å²) in [4.78, 5) is 23.0. The zero-order valence-electron chi connectivity index (χ0n) is 16.0. The first kappa shape index (κ1) is 18.3. The maximum Gasteiger partial charge on any atom is 0.258 e. The van der Waals surface area contributed by atoms with Gasteiger partial charge >= 0.3 is 0 Å². The van der Waals surface area contributed by atoms with E-state index in [2.05, 4.69) is 31.0 Å². The van der Waals surface area contributed by atoms with Crippen LogP contribution in [0.15, 0.2) is 64.0 Å². The van der Waals surface area contributed by atoms with Crippen molar-refractivity contribution in [3.8, 4) is 0 Å². The topological polar surface area (TPSA) is 79.4 Å². The first-order valence-corrected chi connectivity index (χ1v) is 10.5. The molecule has 7 nitrogen and oxygen atoms in total. The summed E-state index contributed by atoms with van der Waals surface area (Å²) in [6, 6.07) is 11.6. The Bertz CT molecular complexity index is 1470. The number of furan rings is 1. The first-order chi connectivity index (χ1) is 15.1. The van der Waals surface area contributed by atoms with Crippen molar-refractivity contribution in [2.24, 2.45) is 0 Å². The lowest BCUT2D eigenvalue weighted by Gasteiger charge is -2.33. The van der Waals surface area contributed by atoms with E-state index < -0.39 is 11.9 Å². The fourth-order valence-electron chi connectivity index (χ4n) is 4.26. The number of hydrogen-bond acceptors (Lipinski definition) is 4. The van der Waals surface area contributed by atoms with Crippen molar-refractivity contribution in [2.45, 2.75) is 12.5 Å². The number of nitrogens with one attached hydrogen (secondary N) is 1. The fraction of sp³-hybridized carbons (Fsp3) is 0.136. The maximum atomic E-state index is 14.3. The van der Waals surface area contributed by atoms with E-state index in [4.69, 9.17) is 4.42 Å². The third-order valence-electron chi connectivity index (χ3n) is 5.70. The highest BCUT2D eigenvalue weighted by Crippen LogP contribution is 2.38. The Morgan fingerprint density at radius 2 is 2.13 bits per heavy atom. The minimum Gasteiger partial charge on any atom is -0.455 e. The van der Waals surface area contributed by atoms with Gasteiger partial charge in [-0.3, -0.25) is 4.79 Å². The van der Waals surface area contributed by atoms with Crippen molar-refractivity contribution in [1.29, 1.82) is 0 Å². The number of halogens is 2. The second kappa shape index (κ2) is 6.78. The van der Waals surface area contributed by atoms with Crippen LogP contribution in [0.25, 0.3) is 16.5 Å². The van der Waals surface area contributed by atoms with Crippen LogP contribution >= 0.6 is 15.9 Å². The number of nitrogens with zero attached hydrogens (tertiary/aromatic N) is 4. The van der Waals surface area contributed by atoms with Gasteiger partial charge in [0.25, 0.3) is 5.91 Å². The number of benzene rings is 1. The number of fused-ring (bicyclic) bond motifs is 3. The van der Waals surface area contributed by atoms with Crippen LogP contribution in [0.4, 0.5) is 4.39 Å². The highest BCUT2D eigenvalue weighted by atomic mass is 79.9. The van der Waals surface area contributed by atoms with Gasteiger partial charge < -0.3 is 14.3 Å². The zero-order chi connectivity index (χ0) is 21.1. The Balaban J connectivity index is 1.50. The molecule has 31 heavy (non-hydrogen) atoms. The molecular weight excluding hydrogens is 465 g/mol. The molecule has 5 aromatic rings. The number of amides is 1. The predicted octanol–water partition coefficient (Wildman–Crippen LogP) is 4.49. The number of imidazole rings is 1. The lowest BCUT2D eigenvalue weighted by molar-refractivity contribution is 0.0674. The molecule has 1 atom stereocenters. The van der Waals surface area contributed by atoms with Gasteiger partial charge in [-0.25, -0.2) is 13.9 Å². The normalized spacial score (nSPS) is 16.2. The van der Waals surface area contributed by atoms with E-state index in [-0.39, 0.29) is 11.5 Å². The van der Waals surface area contributed by atoms with Gasteiger partial charge in [0.2, 0.25) is 0 Å². The van der Waals surface area contributed by atoms with Crippen LogP contribution in [0.3, 0.4) is 0 Å². The number of pyridine rings is 1. The molecule has 5 heterocycles. The van der Waals surface area contributed by atoms with Crippen LogP contribution in [-0.4, -0.2) is 36.9 Å². The predicted molar refractivity (Wildman–Crippen MR) is 114 cm³/mol. The number of hydrogen-bond donors (Lipinski definition) is 1. The second-order valence-electron chi connectivity index (χ2n) is 7.43. The van der Waals surface area contributed by atoms with Crippen LogP contribution in [0.1, 0.15) is 33.5 Å². The van der Waals surface area contributed by atoms with E-state index in [1.165, 1.54) is 6.07 Å². The standard InChI is InChI=1S/C22H15BrFN5O2/c23-18-6-2-5-16-13(10-27-29(16)18)22(30)28-8-7-15-19(26-11-25-15)20(28)17-9-12-3-1-4-14(24)21(12)31-17/h1-6,9-11,20H,7-8H2,(H,25,26)/t20-/m0/s1. The molecule has 1 aliphatic rings. The average molecular weight is 480 g/mol. The largest absolute Gasteiger partial charge is 0.455 e. The summed E-state index contributed by atoms with van der Waals surface area (Å²) in [5.74, 6) is -0.154. The number of H-pyrrole nitrogens is 1. The molecule has 0 radical (unpaired) electrons. The minimum absolute atomic E-state index is 0.174. The van der Waals surface area contributed by atoms with E-state index in [0.29, 0.717) is 40.9 Å². The van der Waals surface area contributed by atoms with Crippen molar-refractivity contribution < 1.29 is 13.6 Å². The van der Waals surface area contributed by atoms with Crippen LogP contribution in [0.2, 0.25) is 0 Å². The van der Waals surface area contributed by atoms with Gasteiger partial charge in [-0.05, 0) is 40.2 Å². The second-order valence-corrected chi connectivity index (χ2v) is 8.24. The monoisotopic (exact) mass is 479 g/mol. The Morgan fingerprint density at radius 3 is 3.00 bits per heavy atom. The number of rotatable bonds is 2. The van der Waals surface area contributed by atoms with Gasteiger partial charge in [0, 0.05) is 24.0 Å². The van der Waals surface area contributed by atoms with Crippen LogP contribution in [0, 0.1) is 5.82 Å². The third kappa shape index (κ3) is 2.73. The molecule has 0 fully saturated rings. The lowest BCUT2D eigenvalue weighted by Crippen LogP contribution is -2.40. The summed E-state index contributed by atoms with van der Waals surface area (Å²) in [5, 5.41) is 4.98. The summed E-state index contributed by atoms with van der Waals surface area (Å²) in [7, 11) is 0. The van der Waals surface area contributed by atoms with Crippen molar-refractivity contribution in [3.05, 3.63) is 88.1 Å². The van der Waals surface area contributed by atoms with Crippen molar-refractivity contribution in [3.63, 3.8) is 0 Å². The summed E-state index contributed by atoms with van der Waals surface area (Å²) < 4.78 is 22.6. The highest BCUT2D eigenvalue weighted by Gasteiger charge is 2.37. The van der Waals surface area contributed by atoms with Crippen molar-refractivity contribution in [1.82, 2.24) is 24.5 Å². The molecule has 0 saturated heterocycles. The van der Waals surface area contributed by atoms with E-state index in [1.54, 1.807) is 40.1 Å². The van der Waals surface area contributed by atoms with Gasteiger partial charge in [0.15, 0.2) is 11.4 Å². The molecule has 1 aliphatic heterocycles. The van der Waals surface area contributed by atoms with Gasteiger partial charge in [-0.2, -0.15) is 5.10 Å². The summed E-state index contributed by atoms with van der Waals surface area (Å²) in [6.07, 6.45) is 3.81. The van der Waals surface area contributed by atoms with Gasteiger partial charge in [0.1, 0.15) is 16.4 Å². The Morgan fingerprint density at radius 1 is 1.26 bits per heavy atom. The molecule has 1 N–H and O–H groups in total. The van der Waals surface area contributed by atoms with Gasteiger partial charge in [-0.15, -0.1) is 0 Å². The minimum atomic E-state index is -0.573. The molecule has 1 amide bonds. The SMILES string of the molecule is O=C(c1cnn2c(Br)cccc12)N1CCc2[nH]cnc2[C@@H]1c1cc2cccc(F)c2o1. The molecule has 0 saturated carbocycles. The Kier molecular flexibility index (Phi) is 4.01. The summed E-state index contributed by atoms with van der Waals surface area (Å²) in [5.41, 5.74) is 3.00. The molecule has 9 heteroatoms. The molecule has 0 spiro atoms. The van der Waals surface area contributed by atoms with Crippen LogP contribution in [-0.2, 0) is 6.42 Å². The molecule has 154 valence electrons. The molecule has 0 aliphatic carbocycles. The summed E-state index contributed by atoms with van der Waals surface area (Å²) in [6.45, 7) is 0.462. The molecule has 4 aromatic heterocycles. The number of carbonyl (C=O) groups is 1. The van der Waals surface area contributed by atoms with Gasteiger partial charge in [0.05, 0.1) is 29.3 Å². The average Bonchev–Trinajstić information content (AvgIpc) is 3.50. The fourth-order valence-corrected chi connectivity index (χ4v) is 4.70. The first-order valence-electron chi connectivity index (χ1n) is 9.75. The van der Waals surface area contributed by atoms with Crippen molar-refractivity contribution >= 4 is 38.3 Å². The highest BCUT2D eigenvalue weighted by molar-refractivity contribution is 9.10. The molecule has 0 unspecified atom stereocenters. The smallest absolute Gasteiger partial charge is 0.258 e. The Hall–Kier alpha value is -3.46. The van der Waals surface area contributed by atoms with Crippen molar-refractivity contribution in [2.75, 3.05) is 6.54 Å². The van der Waals surface area contributed by atoms with E-state index in [9.17, 15) is 9.18 Å². The molecule has 6 rings (SSSR count). The maximum absolute atomic E-state index is 14.3. The number of aromatic amines is 1. The third-order valence-corrected chi connectivity index (χ3v) is 6.30. The van der Waals surface area contributed by atoms with E-state index in [1.807, 2.05) is 18.2 Å². The molecule has 0 bridgehead atoms. The van der Waals surface area contributed by atoms with E-state index >= 15 is 0 Å². The number of para-hydroxylation sites is 1. The molecular formula is C22H15BrFN5O2. The number of aromatic nitrogens is 4. The molecule has 1 aromatic carbocycles.